The third kappa shape index (κ3) is 10.3. The van der Waals surface area contributed by atoms with Crippen LogP contribution in [0.4, 0.5) is 4.79 Å². The van der Waals surface area contributed by atoms with Crippen molar-refractivity contribution in [3.05, 3.63) is 0 Å². The van der Waals surface area contributed by atoms with Gasteiger partial charge in [0.2, 0.25) is 5.91 Å². The number of rotatable bonds is 10. The molecule has 0 aromatic carbocycles. The Morgan fingerprint density at radius 2 is 1.64 bits per heavy atom. The van der Waals surface area contributed by atoms with Crippen molar-refractivity contribution in [2.75, 3.05) is 7.11 Å². The number of esters is 1. The monoisotopic (exact) mass is 397 g/mol. The van der Waals surface area contributed by atoms with Crippen LogP contribution < -0.4 is 10.7 Å². The number of unbranched alkanes of at least 4 members (excludes halogenated alkanes) is 3. The van der Waals surface area contributed by atoms with Gasteiger partial charge >= 0.3 is 12.1 Å². The van der Waals surface area contributed by atoms with E-state index in [4.69, 9.17) is 4.74 Å². The molecule has 0 saturated heterocycles. The van der Waals surface area contributed by atoms with Gasteiger partial charge in [-0.1, -0.05) is 25.7 Å². The summed E-state index contributed by atoms with van der Waals surface area (Å²) in [6, 6.07) is 0. The van der Waals surface area contributed by atoms with Gasteiger partial charge in [-0.3, -0.25) is 9.59 Å². The molecule has 1 aliphatic carbocycles. The average molecular weight is 398 g/mol. The van der Waals surface area contributed by atoms with E-state index in [9.17, 15) is 14.4 Å². The molecule has 160 valence electrons. The summed E-state index contributed by atoms with van der Waals surface area (Å²) in [6.45, 7) is 5.45. The van der Waals surface area contributed by atoms with Crippen molar-refractivity contribution in [2.24, 2.45) is 5.10 Å². The second-order valence-corrected chi connectivity index (χ2v) is 8.27. The van der Waals surface area contributed by atoms with E-state index in [-0.39, 0.29) is 11.9 Å². The highest BCUT2D eigenvalue weighted by atomic mass is 16.6. The molecule has 0 aromatic heterocycles. The van der Waals surface area contributed by atoms with Gasteiger partial charge in [0, 0.05) is 12.8 Å². The predicted octanol–water partition coefficient (Wildman–Crippen LogP) is 3.44. The lowest BCUT2D eigenvalue weighted by atomic mass is 10.00. The highest BCUT2D eigenvalue weighted by Gasteiger charge is 2.35. The molecule has 0 spiro atoms. The Bertz CT molecular complexity index is 549. The molecule has 0 radical (unpaired) electrons. The first kappa shape index (κ1) is 23.9. The summed E-state index contributed by atoms with van der Waals surface area (Å²) >= 11 is 0. The topological polar surface area (TPSA) is 106 Å². The number of carbonyl (C=O) groups is 3. The number of alkyl carbamates (subject to hydrolysis) is 1. The van der Waals surface area contributed by atoms with Crippen molar-refractivity contribution >= 4 is 24.2 Å². The maximum Gasteiger partial charge on any atom is 0.408 e. The maximum atomic E-state index is 12.1. The van der Waals surface area contributed by atoms with Crippen LogP contribution in [0.25, 0.3) is 0 Å². The lowest BCUT2D eigenvalue weighted by Gasteiger charge is -2.28. The third-order valence-electron chi connectivity index (χ3n) is 4.51. The van der Waals surface area contributed by atoms with Crippen LogP contribution in [0.15, 0.2) is 5.10 Å². The molecule has 1 fully saturated rings. The fourth-order valence-electron chi connectivity index (χ4n) is 3.09. The van der Waals surface area contributed by atoms with Crippen LogP contribution in [0.5, 0.6) is 0 Å². The Labute approximate surface area is 167 Å². The normalized spacial score (nSPS) is 16.0. The molecule has 8 heteroatoms. The van der Waals surface area contributed by atoms with E-state index in [0.29, 0.717) is 12.8 Å². The van der Waals surface area contributed by atoms with Crippen LogP contribution in [0.2, 0.25) is 0 Å². The predicted molar refractivity (Wildman–Crippen MR) is 107 cm³/mol. The first-order valence-corrected chi connectivity index (χ1v) is 10.1. The molecule has 0 bridgehead atoms. The van der Waals surface area contributed by atoms with Crippen LogP contribution in [0, 0.1) is 0 Å². The number of hydrogen-bond acceptors (Lipinski definition) is 6. The van der Waals surface area contributed by atoms with Crippen molar-refractivity contribution in [3.63, 3.8) is 0 Å². The quantitative estimate of drug-likeness (QED) is 0.254. The lowest BCUT2D eigenvalue weighted by molar-refractivity contribution is -0.140. The van der Waals surface area contributed by atoms with E-state index < -0.39 is 17.2 Å². The lowest BCUT2D eigenvalue weighted by Crippen LogP contribution is -2.49. The van der Waals surface area contributed by atoms with Crippen LogP contribution in [0.1, 0.15) is 85.0 Å². The molecule has 0 atom stereocenters. The molecule has 1 saturated carbocycles. The molecule has 0 aromatic rings. The number of carbonyl (C=O) groups excluding carboxylic acids is 3. The zero-order chi connectivity index (χ0) is 21.0. The Kier molecular flexibility index (Phi) is 9.96. The smallest absolute Gasteiger partial charge is 0.408 e. The number of amides is 2. The molecular formula is C20H35N3O5. The van der Waals surface area contributed by atoms with E-state index in [1.165, 1.54) is 7.11 Å². The van der Waals surface area contributed by atoms with E-state index in [2.05, 4.69) is 20.6 Å². The van der Waals surface area contributed by atoms with Gasteiger partial charge in [0.05, 0.1) is 18.9 Å². The number of methoxy groups -OCH3 is 1. The summed E-state index contributed by atoms with van der Waals surface area (Å²) in [7, 11) is 1.38. The minimum atomic E-state index is -0.566. The van der Waals surface area contributed by atoms with Crippen molar-refractivity contribution in [1.82, 2.24) is 10.7 Å². The van der Waals surface area contributed by atoms with Gasteiger partial charge in [0.1, 0.15) is 5.60 Å². The van der Waals surface area contributed by atoms with E-state index in [1.54, 1.807) is 6.21 Å². The molecule has 0 unspecified atom stereocenters. The molecule has 28 heavy (non-hydrogen) atoms. The van der Waals surface area contributed by atoms with Crippen LogP contribution >= 0.6 is 0 Å². The SMILES string of the molecule is COC(=O)CCCCCCC(=O)N/N=C/C1(NC(=O)OC(C)(C)C)CCCC1. The van der Waals surface area contributed by atoms with E-state index in [0.717, 1.165) is 51.4 Å². The Balaban J connectivity index is 2.32. The number of hydrazone groups is 1. The van der Waals surface area contributed by atoms with Crippen molar-refractivity contribution in [1.29, 1.82) is 0 Å². The van der Waals surface area contributed by atoms with Gasteiger partial charge in [0.25, 0.3) is 0 Å². The van der Waals surface area contributed by atoms with Gasteiger partial charge in [-0.15, -0.1) is 0 Å². The molecule has 2 N–H and O–H groups in total. The molecular weight excluding hydrogens is 362 g/mol. The summed E-state index contributed by atoms with van der Waals surface area (Å²) in [5.74, 6) is -0.359. The summed E-state index contributed by atoms with van der Waals surface area (Å²) in [6.07, 6.45) is 8.72. The van der Waals surface area contributed by atoms with Crippen molar-refractivity contribution < 1.29 is 23.9 Å². The van der Waals surface area contributed by atoms with Gasteiger partial charge in [-0.2, -0.15) is 5.10 Å². The summed E-state index contributed by atoms with van der Waals surface area (Å²) in [4.78, 5) is 35.0. The van der Waals surface area contributed by atoms with Crippen LogP contribution in [-0.4, -0.2) is 42.4 Å². The second kappa shape index (κ2) is 11.7. The molecule has 1 rings (SSSR count). The number of hydrogen-bond donors (Lipinski definition) is 2. The molecule has 2 amide bonds. The molecule has 0 aliphatic heterocycles. The van der Waals surface area contributed by atoms with Crippen molar-refractivity contribution in [2.45, 2.75) is 96.1 Å². The van der Waals surface area contributed by atoms with Gasteiger partial charge in [-0.25, -0.2) is 10.2 Å². The third-order valence-corrected chi connectivity index (χ3v) is 4.51. The highest BCUT2D eigenvalue weighted by molar-refractivity contribution is 5.81. The number of ether oxygens (including phenoxy) is 2. The number of nitrogens with zero attached hydrogens (tertiary/aromatic N) is 1. The second-order valence-electron chi connectivity index (χ2n) is 8.27. The fraction of sp³-hybridized carbons (Fsp3) is 0.800. The van der Waals surface area contributed by atoms with E-state index >= 15 is 0 Å². The van der Waals surface area contributed by atoms with E-state index in [1.807, 2.05) is 20.8 Å². The summed E-state index contributed by atoms with van der Waals surface area (Å²) < 4.78 is 9.92. The molecule has 8 nitrogen and oxygen atoms in total. The summed E-state index contributed by atoms with van der Waals surface area (Å²) in [5, 5.41) is 6.97. The zero-order valence-electron chi connectivity index (χ0n) is 17.6. The maximum absolute atomic E-state index is 12.1. The largest absolute Gasteiger partial charge is 0.469 e. The van der Waals surface area contributed by atoms with Crippen LogP contribution in [-0.2, 0) is 19.1 Å². The average Bonchev–Trinajstić information content (AvgIpc) is 3.04. The van der Waals surface area contributed by atoms with Gasteiger partial charge in [-0.05, 0) is 46.5 Å². The minimum Gasteiger partial charge on any atom is -0.469 e. The standard InChI is InChI=1S/C20H35N3O5/c1-19(2,3)28-18(26)22-20(13-9-10-14-20)15-21-23-16(24)11-7-5-6-8-12-17(25)27-4/h15H,5-14H2,1-4H3,(H,22,26)(H,23,24)/b21-15+. The molecule has 0 heterocycles. The first-order valence-electron chi connectivity index (χ1n) is 10.1. The fourth-order valence-corrected chi connectivity index (χ4v) is 3.09. The highest BCUT2D eigenvalue weighted by Crippen LogP contribution is 2.28. The number of nitrogens with one attached hydrogen (secondary N) is 2. The Morgan fingerprint density at radius 3 is 2.21 bits per heavy atom. The van der Waals surface area contributed by atoms with Gasteiger partial charge < -0.3 is 14.8 Å². The zero-order valence-corrected chi connectivity index (χ0v) is 17.6. The van der Waals surface area contributed by atoms with Gasteiger partial charge in [0.15, 0.2) is 0 Å². The van der Waals surface area contributed by atoms with Crippen molar-refractivity contribution in [3.8, 4) is 0 Å². The molecule has 1 aliphatic rings. The first-order chi connectivity index (χ1) is 13.2. The summed E-state index contributed by atoms with van der Waals surface area (Å²) in [5.41, 5.74) is 1.41. The minimum absolute atomic E-state index is 0.158. The Morgan fingerprint density at radius 1 is 1.04 bits per heavy atom. The Hall–Kier alpha value is -2.12. The van der Waals surface area contributed by atoms with Crippen LogP contribution in [0.3, 0.4) is 0 Å².